The Bertz CT molecular complexity index is 322. The number of nitrogens with one attached hydrogen (secondary N) is 1. The highest BCUT2D eigenvalue weighted by Crippen LogP contribution is 2.37. The third-order valence-corrected chi connectivity index (χ3v) is 3.85. The highest BCUT2D eigenvalue weighted by molar-refractivity contribution is 7.99. The van der Waals surface area contributed by atoms with Gasteiger partial charge in [-0.05, 0) is 42.8 Å². The van der Waals surface area contributed by atoms with Crippen molar-refractivity contribution in [3.8, 4) is 0 Å². The number of rotatable bonds is 2. The second kappa shape index (κ2) is 4.37. The maximum atomic E-state index is 3.57. The van der Waals surface area contributed by atoms with Gasteiger partial charge in [-0.15, -0.1) is 11.8 Å². The monoisotopic (exact) mass is 207 g/mol. The fourth-order valence-corrected chi connectivity index (χ4v) is 3.31. The molecule has 0 spiro atoms. The molecule has 1 aliphatic rings. The molecule has 2 heteroatoms. The van der Waals surface area contributed by atoms with Crippen LogP contribution >= 0.6 is 11.8 Å². The topological polar surface area (TPSA) is 12.0 Å². The standard InChI is InChI=1S/C12H17NS/c1-3-13-10-7-8-14-11-6-4-5-9(2)12(10)11/h4-6,10,13H,3,7-8H2,1-2H3. The van der Waals surface area contributed by atoms with Gasteiger partial charge in [-0.3, -0.25) is 0 Å². The molecule has 1 aliphatic heterocycles. The molecule has 0 aliphatic carbocycles. The van der Waals surface area contributed by atoms with Gasteiger partial charge in [0, 0.05) is 10.9 Å². The summed E-state index contributed by atoms with van der Waals surface area (Å²) in [6.45, 7) is 5.46. The molecular weight excluding hydrogens is 190 g/mol. The van der Waals surface area contributed by atoms with Crippen molar-refractivity contribution in [3.05, 3.63) is 29.3 Å². The molecule has 0 aromatic heterocycles. The summed E-state index contributed by atoms with van der Waals surface area (Å²) in [6, 6.07) is 7.21. The van der Waals surface area contributed by atoms with Crippen LogP contribution in [0.4, 0.5) is 0 Å². The molecule has 0 saturated heterocycles. The van der Waals surface area contributed by atoms with Gasteiger partial charge in [0.05, 0.1) is 0 Å². The lowest BCUT2D eigenvalue weighted by Crippen LogP contribution is -2.25. The van der Waals surface area contributed by atoms with E-state index in [1.165, 1.54) is 28.2 Å². The second-order valence-corrected chi connectivity index (χ2v) is 4.87. The maximum absolute atomic E-state index is 3.57. The molecule has 76 valence electrons. The van der Waals surface area contributed by atoms with Crippen molar-refractivity contribution in [2.75, 3.05) is 12.3 Å². The number of hydrogen-bond donors (Lipinski definition) is 1. The summed E-state index contributed by atoms with van der Waals surface area (Å²) < 4.78 is 0. The van der Waals surface area contributed by atoms with Crippen molar-refractivity contribution >= 4 is 11.8 Å². The van der Waals surface area contributed by atoms with Gasteiger partial charge >= 0.3 is 0 Å². The van der Waals surface area contributed by atoms with E-state index in [4.69, 9.17) is 0 Å². The van der Waals surface area contributed by atoms with E-state index >= 15 is 0 Å². The van der Waals surface area contributed by atoms with Crippen LogP contribution in [0.3, 0.4) is 0 Å². The molecule has 1 unspecified atom stereocenters. The number of aryl methyl sites for hydroxylation is 1. The molecule has 1 nitrogen and oxygen atoms in total. The molecule has 1 aromatic carbocycles. The first-order chi connectivity index (χ1) is 6.83. The first kappa shape index (κ1) is 10.1. The maximum Gasteiger partial charge on any atom is 0.0341 e. The molecule has 2 rings (SSSR count). The SMILES string of the molecule is CCNC1CCSc2cccc(C)c21. The van der Waals surface area contributed by atoms with E-state index in [1.807, 2.05) is 11.8 Å². The number of benzene rings is 1. The molecule has 0 saturated carbocycles. The lowest BCUT2D eigenvalue weighted by Gasteiger charge is -2.27. The molecule has 1 aromatic rings. The fraction of sp³-hybridized carbons (Fsp3) is 0.500. The predicted molar refractivity (Wildman–Crippen MR) is 62.9 cm³/mol. The number of thioether (sulfide) groups is 1. The van der Waals surface area contributed by atoms with Gasteiger partial charge in [0.25, 0.3) is 0 Å². The Morgan fingerprint density at radius 2 is 2.36 bits per heavy atom. The average Bonchev–Trinajstić information content (AvgIpc) is 2.19. The zero-order valence-corrected chi connectivity index (χ0v) is 9.66. The van der Waals surface area contributed by atoms with Gasteiger partial charge in [0.15, 0.2) is 0 Å². The molecule has 0 bridgehead atoms. The van der Waals surface area contributed by atoms with Crippen molar-refractivity contribution in [1.82, 2.24) is 5.32 Å². The first-order valence-corrected chi connectivity index (χ1v) is 6.27. The van der Waals surface area contributed by atoms with E-state index in [9.17, 15) is 0 Å². The summed E-state index contributed by atoms with van der Waals surface area (Å²) >= 11 is 1.99. The van der Waals surface area contributed by atoms with Crippen molar-refractivity contribution in [2.24, 2.45) is 0 Å². The van der Waals surface area contributed by atoms with Crippen molar-refractivity contribution in [2.45, 2.75) is 31.2 Å². The summed E-state index contributed by atoms with van der Waals surface area (Å²) in [6.07, 6.45) is 1.26. The lowest BCUT2D eigenvalue weighted by molar-refractivity contribution is 0.525. The van der Waals surface area contributed by atoms with Gasteiger partial charge in [-0.2, -0.15) is 0 Å². The third kappa shape index (κ3) is 1.82. The molecule has 1 atom stereocenters. The van der Waals surface area contributed by atoms with Gasteiger partial charge in [0.2, 0.25) is 0 Å². The van der Waals surface area contributed by atoms with E-state index in [1.54, 1.807) is 0 Å². The van der Waals surface area contributed by atoms with Crippen LogP contribution in [0.15, 0.2) is 23.1 Å². The predicted octanol–water partition coefficient (Wildman–Crippen LogP) is 3.14. The molecule has 0 radical (unpaired) electrons. The smallest absolute Gasteiger partial charge is 0.0341 e. The van der Waals surface area contributed by atoms with Crippen LogP contribution in [-0.2, 0) is 0 Å². The highest BCUT2D eigenvalue weighted by Gasteiger charge is 2.20. The minimum Gasteiger partial charge on any atom is -0.310 e. The summed E-state index contributed by atoms with van der Waals surface area (Å²) in [7, 11) is 0. The van der Waals surface area contributed by atoms with Gasteiger partial charge in [0.1, 0.15) is 0 Å². The summed E-state index contributed by atoms with van der Waals surface area (Å²) in [5.41, 5.74) is 2.96. The van der Waals surface area contributed by atoms with Crippen molar-refractivity contribution < 1.29 is 0 Å². The highest BCUT2D eigenvalue weighted by atomic mass is 32.2. The zero-order valence-electron chi connectivity index (χ0n) is 8.84. The zero-order chi connectivity index (χ0) is 9.97. The summed E-state index contributed by atoms with van der Waals surface area (Å²) in [5.74, 6) is 1.24. The third-order valence-electron chi connectivity index (χ3n) is 2.75. The minimum absolute atomic E-state index is 0.581. The van der Waals surface area contributed by atoms with Crippen LogP contribution in [0, 0.1) is 6.92 Å². The fourth-order valence-electron chi connectivity index (χ4n) is 2.11. The Hall–Kier alpha value is -0.470. The van der Waals surface area contributed by atoms with Crippen molar-refractivity contribution in [3.63, 3.8) is 0 Å². The Balaban J connectivity index is 2.36. The summed E-state index contributed by atoms with van der Waals surface area (Å²) in [4.78, 5) is 1.47. The Labute approximate surface area is 90.3 Å². The molecule has 1 heterocycles. The first-order valence-electron chi connectivity index (χ1n) is 5.28. The van der Waals surface area contributed by atoms with Crippen LogP contribution in [0.25, 0.3) is 0 Å². The van der Waals surface area contributed by atoms with Crippen LogP contribution < -0.4 is 5.32 Å². The Kier molecular flexibility index (Phi) is 3.14. The van der Waals surface area contributed by atoms with Crippen LogP contribution in [0.2, 0.25) is 0 Å². The van der Waals surface area contributed by atoms with Gasteiger partial charge < -0.3 is 5.32 Å². The van der Waals surface area contributed by atoms with E-state index in [0.29, 0.717) is 6.04 Å². The van der Waals surface area contributed by atoms with E-state index in [-0.39, 0.29) is 0 Å². The molecule has 0 fully saturated rings. The van der Waals surface area contributed by atoms with E-state index in [0.717, 1.165) is 6.54 Å². The lowest BCUT2D eigenvalue weighted by atomic mass is 9.99. The number of fused-ring (bicyclic) bond motifs is 1. The Morgan fingerprint density at radius 1 is 1.50 bits per heavy atom. The van der Waals surface area contributed by atoms with Gasteiger partial charge in [-0.25, -0.2) is 0 Å². The molecular formula is C12H17NS. The second-order valence-electron chi connectivity index (χ2n) is 3.73. The van der Waals surface area contributed by atoms with Crippen molar-refractivity contribution in [1.29, 1.82) is 0 Å². The number of hydrogen-bond acceptors (Lipinski definition) is 2. The van der Waals surface area contributed by atoms with Crippen LogP contribution in [0.1, 0.15) is 30.5 Å². The minimum atomic E-state index is 0.581. The molecule has 1 N–H and O–H groups in total. The molecule has 14 heavy (non-hydrogen) atoms. The van der Waals surface area contributed by atoms with Crippen LogP contribution in [0.5, 0.6) is 0 Å². The van der Waals surface area contributed by atoms with Crippen LogP contribution in [-0.4, -0.2) is 12.3 Å². The summed E-state index contributed by atoms with van der Waals surface area (Å²) in [5, 5.41) is 3.57. The van der Waals surface area contributed by atoms with E-state index in [2.05, 4.69) is 37.4 Å². The van der Waals surface area contributed by atoms with E-state index < -0.39 is 0 Å². The average molecular weight is 207 g/mol. The van der Waals surface area contributed by atoms with Gasteiger partial charge in [-0.1, -0.05) is 19.1 Å². The largest absolute Gasteiger partial charge is 0.310 e. The Morgan fingerprint density at radius 3 is 3.14 bits per heavy atom. The quantitative estimate of drug-likeness (QED) is 0.799. The normalized spacial score (nSPS) is 20.6. The molecule has 0 amide bonds.